The van der Waals surface area contributed by atoms with E-state index < -0.39 is 0 Å². The maximum absolute atomic E-state index is 5.66. The number of rotatable bonds is 5. The molecule has 0 atom stereocenters. The molecule has 8 rings (SSSR count). The predicted molar refractivity (Wildman–Crippen MR) is 174 cm³/mol. The Morgan fingerprint density at radius 1 is 0.465 bits per heavy atom. The summed E-state index contributed by atoms with van der Waals surface area (Å²) in [7, 11) is 0. The van der Waals surface area contributed by atoms with Gasteiger partial charge in [-0.05, 0) is 51.2 Å². The maximum Gasteiger partial charge on any atom is 0.181 e. The first-order valence-electron chi connectivity index (χ1n) is 14.3. The summed E-state index contributed by atoms with van der Waals surface area (Å²) < 4.78 is 5.66. The first-order valence-corrected chi connectivity index (χ1v) is 14.3. The van der Waals surface area contributed by atoms with Crippen molar-refractivity contribution in [2.24, 2.45) is 0 Å². The van der Waals surface area contributed by atoms with E-state index in [1.54, 1.807) is 0 Å². The average Bonchev–Trinajstić information content (AvgIpc) is 3.57. The molecule has 0 spiro atoms. The van der Waals surface area contributed by atoms with Gasteiger partial charge in [0.05, 0.1) is 11.4 Å². The molecule has 0 amide bonds. The molecule has 0 aliphatic heterocycles. The van der Waals surface area contributed by atoms with Crippen molar-refractivity contribution < 1.29 is 4.42 Å². The normalized spacial score (nSPS) is 11.3. The van der Waals surface area contributed by atoms with E-state index in [4.69, 9.17) is 14.4 Å². The van der Waals surface area contributed by atoms with Crippen molar-refractivity contribution in [2.75, 3.05) is 0 Å². The molecule has 0 N–H and O–H groups in total. The van der Waals surface area contributed by atoms with Crippen LogP contribution < -0.4 is 0 Å². The third-order valence-corrected chi connectivity index (χ3v) is 7.87. The number of aromatic nitrogens is 3. The largest absolute Gasteiger partial charge is 0.443 e. The fourth-order valence-corrected chi connectivity index (χ4v) is 5.72. The molecule has 4 heteroatoms. The Morgan fingerprint density at radius 2 is 1.09 bits per heavy atom. The zero-order valence-electron chi connectivity index (χ0n) is 23.2. The highest BCUT2D eigenvalue weighted by Crippen LogP contribution is 2.40. The minimum absolute atomic E-state index is 0.709. The van der Waals surface area contributed by atoms with Crippen molar-refractivity contribution in [3.05, 3.63) is 152 Å². The van der Waals surface area contributed by atoms with Crippen LogP contribution in [0.1, 0.15) is 0 Å². The van der Waals surface area contributed by atoms with Crippen molar-refractivity contribution in [1.82, 2.24) is 15.0 Å². The molecule has 8 aromatic rings. The molecule has 2 aromatic heterocycles. The third-order valence-electron chi connectivity index (χ3n) is 7.87. The number of fused-ring (bicyclic) bond motifs is 2. The molecule has 0 fully saturated rings. The van der Waals surface area contributed by atoms with Crippen LogP contribution in [0.4, 0.5) is 0 Å². The van der Waals surface area contributed by atoms with E-state index in [0.717, 1.165) is 55.9 Å². The van der Waals surface area contributed by atoms with Gasteiger partial charge in [0.2, 0.25) is 0 Å². The van der Waals surface area contributed by atoms with Crippen LogP contribution in [0.3, 0.4) is 0 Å². The van der Waals surface area contributed by atoms with Crippen LogP contribution in [-0.2, 0) is 0 Å². The molecule has 2 heterocycles. The Hall–Kier alpha value is -5.87. The monoisotopic (exact) mass is 551 g/mol. The van der Waals surface area contributed by atoms with Gasteiger partial charge in [-0.2, -0.15) is 0 Å². The van der Waals surface area contributed by atoms with Crippen LogP contribution in [0.25, 0.3) is 78.0 Å². The van der Waals surface area contributed by atoms with E-state index in [9.17, 15) is 0 Å². The van der Waals surface area contributed by atoms with Crippen molar-refractivity contribution in [2.45, 2.75) is 0 Å². The van der Waals surface area contributed by atoms with Gasteiger partial charge in [-0.1, -0.05) is 127 Å². The number of nitrogens with zero attached hydrogens (tertiary/aromatic N) is 3. The zero-order chi connectivity index (χ0) is 28.6. The zero-order valence-corrected chi connectivity index (χ0v) is 23.2. The highest BCUT2D eigenvalue weighted by Gasteiger charge is 2.15. The summed E-state index contributed by atoms with van der Waals surface area (Å²) in [5.74, 6) is 0.709. The van der Waals surface area contributed by atoms with Gasteiger partial charge in [-0.15, -0.1) is 0 Å². The number of oxazole rings is 1. The second kappa shape index (κ2) is 10.5. The number of hydrogen-bond donors (Lipinski definition) is 0. The van der Waals surface area contributed by atoms with E-state index in [0.29, 0.717) is 5.82 Å². The van der Waals surface area contributed by atoms with Gasteiger partial charge in [0.15, 0.2) is 17.8 Å². The van der Waals surface area contributed by atoms with Crippen LogP contribution >= 0.6 is 0 Å². The minimum atomic E-state index is 0.709. The highest BCUT2D eigenvalue weighted by molar-refractivity contribution is 6.05. The highest BCUT2D eigenvalue weighted by atomic mass is 16.3. The summed E-state index contributed by atoms with van der Waals surface area (Å²) in [6, 6.07) is 50.3. The Morgan fingerprint density at radius 3 is 1.86 bits per heavy atom. The lowest BCUT2D eigenvalue weighted by molar-refractivity contribution is 0.602. The van der Waals surface area contributed by atoms with Gasteiger partial charge in [0.25, 0.3) is 0 Å². The van der Waals surface area contributed by atoms with E-state index >= 15 is 0 Å². The van der Waals surface area contributed by atoms with Crippen molar-refractivity contribution in [3.63, 3.8) is 0 Å². The molecule has 0 saturated carbocycles. The molecule has 0 aliphatic carbocycles. The summed E-state index contributed by atoms with van der Waals surface area (Å²) in [6.07, 6.45) is 1.50. The SMILES string of the molecule is c1ccc(-c2cc(-c3ccc(-c4ccc5ccccc5c4-c4ccc5ncoc5c4)cc3)nc(-c3ccccc3)n2)cc1. The Labute approximate surface area is 249 Å². The van der Waals surface area contributed by atoms with Crippen molar-refractivity contribution in [1.29, 1.82) is 0 Å². The van der Waals surface area contributed by atoms with E-state index in [-0.39, 0.29) is 0 Å². The topological polar surface area (TPSA) is 51.8 Å². The minimum Gasteiger partial charge on any atom is -0.443 e. The van der Waals surface area contributed by atoms with Crippen LogP contribution in [0.5, 0.6) is 0 Å². The first-order chi connectivity index (χ1) is 21.3. The molecule has 0 aliphatic rings. The number of hydrogen-bond acceptors (Lipinski definition) is 4. The summed E-state index contributed by atoms with van der Waals surface area (Å²) in [4.78, 5) is 14.2. The summed E-state index contributed by atoms with van der Waals surface area (Å²) in [5.41, 5.74) is 11.0. The Bertz CT molecular complexity index is 2160. The third kappa shape index (κ3) is 4.65. The number of benzene rings is 6. The summed E-state index contributed by atoms with van der Waals surface area (Å²) in [5, 5.41) is 2.39. The average molecular weight is 552 g/mol. The van der Waals surface area contributed by atoms with Gasteiger partial charge in [-0.3, -0.25) is 0 Å². The molecule has 202 valence electrons. The lowest BCUT2D eigenvalue weighted by atomic mass is 9.89. The molecule has 0 unspecified atom stereocenters. The van der Waals surface area contributed by atoms with Gasteiger partial charge in [-0.25, -0.2) is 15.0 Å². The van der Waals surface area contributed by atoms with Crippen LogP contribution in [0.15, 0.2) is 156 Å². The first kappa shape index (κ1) is 24.9. The second-order valence-corrected chi connectivity index (χ2v) is 10.5. The van der Waals surface area contributed by atoms with E-state index in [1.165, 1.54) is 22.7 Å². The molecule has 0 bridgehead atoms. The van der Waals surface area contributed by atoms with Crippen LogP contribution in [0, 0.1) is 0 Å². The molecule has 0 radical (unpaired) electrons. The molecular weight excluding hydrogens is 526 g/mol. The lowest BCUT2D eigenvalue weighted by Crippen LogP contribution is -1.96. The second-order valence-electron chi connectivity index (χ2n) is 10.5. The fourth-order valence-electron chi connectivity index (χ4n) is 5.72. The summed E-state index contributed by atoms with van der Waals surface area (Å²) >= 11 is 0. The smallest absolute Gasteiger partial charge is 0.181 e. The Balaban J connectivity index is 1.25. The van der Waals surface area contributed by atoms with E-state index in [1.807, 2.05) is 54.6 Å². The fraction of sp³-hybridized carbons (Fsp3) is 0. The maximum atomic E-state index is 5.66. The van der Waals surface area contributed by atoms with Gasteiger partial charge < -0.3 is 4.42 Å². The molecular formula is C39H25N3O. The lowest BCUT2D eigenvalue weighted by Gasteiger charge is -2.15. The van der Waals surface area contributed by atoms with Gasteiger partial charge in [0, 0.05) is 16.7 Å². The van der Waals surface area contributed by atoms with Gasteiger partial charge in [0.1, 0.15) is 5.52 Å². The van der Waals surface area contributed by atoms with Crippen LogP contribution in [-0.4, -0.2) is 15.0 Å². The molecule has 6 aromatic carbocycles. The van der Waals surface area contributed by atoms with Gasteiger partial charge >= 0.3 is 0 Å². The Kier molecular flexibility index (Phi) is 6.08. The van der Waals surface area contributed by atoms with E-state index in [2.05, 4.69) is 96.0 Å². The van der Waals surface area contributed by atoms with Crippen molar-refractivity contribution in [3.8, 4) is 56.2 Å². The predicted octanol–water partition coefficient (Wildman–Crippen LogP) is 10.1. The molecule has 43 heavy (non-hydrogen) atoms. The van der Waals surface area contributed by atoms with Crippen LogP contribution in [0.2, 0.25) is 0 Å². The van der Waals surface area contributed by atoms with Crippen molar-refractivity contribution >= 4 is 21.9 Å². The standard InChI is InChI=1S/C39H25N3O/c1-3-10-28(11-4-1)35-24-36(42-39(41-35)30-12-5-2-6-13-30)29-17-15-27(16-18-29)33-21-19-26-9-7-8-14-32(26)38(33)31-20-22-34-37(23-31)43-25-40-34/h1-25H. The summed E-state index contributed by atoms with van der Waals surface area (Å²) in [6.45, 7) is 0. The quantitative estimate of drug-likeness (QED) is 0.214. The molecule has 0 saturated heterocycles. The molecule has 4 nitrogen and oxygen atoms in total.